The average molecular weight is 485 g/mol. The Morgan fingerprint density at radius 3 is 2.58 bits per heavy atom. The summed E-state index contributed by atoms with van der Waals surface area (Å²) in [7, 11) is 0. The predicted molar refractivity (Wildman–Crippen MR) is 126 cm³/mol. The molecule has 0 spiro atoms. The van der Waals surface area contributed by atoms with Gasteiger partial charge in [-0.2, -0.15) is 0 Å². The van der Waals surface area contributed by atoms with Crippen LogP contribution in [0.4, 0.5) is 0 Å². The highest BCUT2D eigenvalue weighted by Gasteiger charge is 2.36. The number of carbonyl (C=O) groups excluding carboxylic acids is 2. The van der Waals surface area contributed by atoms with Crippen molar-refractivity contribution in [2.45, 2.75) is 38.3 Å². The molecule has 10 heteroatoms. The standard InChI is InChI=1S/C23H25ClN6O2S/c24-21-4-3-20(33-21)23(32)28-12-7-17(8-13-28)22(31)30-11-1-2-18(30)14-29-15-19(26-27-29)16-5-9-25-10-6-16/h3-6,9-10,15,17-18H,1-2,7-8,11-14H2. The van der Waals surface area contributed by atoms with Crippen molar-refractivity contribution in [3.8, 4) is 11.3 Å². The zero-order valence-electron chi connectivity index (χ0n) is 18.1. The van der Waals surface area contributed by atoms with Crippen molar-refractivity contribution in [1.82, 2.24) is 29.8 Å². The first-order valence-electron chi connectivity index (χ1n) is 11.2. The van der Waals surface area contributed by atoms with Gasteiger partial charge in [0.15, 0.2) is 0 Å². The van der Waals surface area contributed by atoms with Gasteiger partial charge in [0.05, 0.1) is 28.0 Å². The number of likely N-dealkylation sites (tertiary alicyclic amines) is 2. The molecule has 33 heavy (non-hydrogen) atoms. The Bertz CT molecular complexity index is 1120. The van der Waals surface area contributed by atoms with Crippen molar-refractivity contribution in [3.05, 3.63) is 52.1 Å². The maximum absolute atomic E-state index is 13.3. The molecule has 8 nitrogen and oxygen atoms in total. The van der Waals surface area contributed by atoms with E-state index in [-0.39, 0.29) is 23.8 Å². The van der Waals surface area contributed by atoms with Gasteiger partial charge in [0.2, 0.25) is 5.91 Å². The molecule has 3 aromatic rings. The average Bonchev–Trinajstić information content (AvgIpc) is 3.61. The molecule has 2 aliphatic rings. The van der Waals surface area contributed by atoms with Crippen LogP contribution >= 0.6 is 22.9 Å². The number of piperidine rings is 1. The third-order valence-corrected chi connectivity index (χ3v) is 7.71. The molecule has 2 aliphatic heterocycles. The SMILES string of the molecule is O=C(c1ccc(Cl)s1)N1CCC(C(=O)N2CCCC2Cn2cc(-c3ccncc3)nn2)CC1. The molecule has 2 fully saturated rings. The number of thiophene rings is 1. The lowest BCUT2D eigenvalue weighted by atomic mass is 9.94. The van der Waals surface area contributed by atoms with E-state index in [9.17, 15) is 9.59 Å². The van der Waals surface area contributed by atoms with Gasteiger partial charge in [-0.3, -0.25) is 14.6 Å². The van der Waals surface area contributed by atoms with Crippen molar-refractivity contribution in [3.63, 3.8) is 0 Å². The van der Waals surface area contributed by atoms with E-state index in [1.165, 1.54) is 11.3 Å². The van der Waals surface area contributed by atoms with E-state index >= 15 is 0 Å². The van der Waals surface area contributed by atoms with Crippen LogP contribution in [-0.4, -0.2) is 67.3 Å². The lowest BCUT2D eigenvalue weighted by Gasteiger charge is -2.34. The van der Waals surface area contributed by atoms with Crippen molar-refractivity contribution in [2.75, 3.05) is 19.6 Å². The molecule has 1 atom stereocenters. The smallest absolute Gasteiger partial charge is 0.263 e. The molecule has 0 radical (unpaired) electrons. The third kappa shape index (κ3) is 4.79. The minimum atomic E-state index is -0.0373. The summed E-state index contributed by atoms with van der Waals surface area (Å²) < 4.78 is 2.45. The predicted octanol–water partition coefficient (Wildman–Crippen LogP) is 3.60. The Kier molecular flexibility index (Phi) is 6.41. The molecule has 3 aromatic heterocycles. The van der Waals surface area contributed by atoms with Crippen LogP contribution in [0.2, 0.25) is 4.34 Å². The van der Waals surface area contributed by atoms with E-state index in [1.54, 1.807) is 24.5 Å². The van der Waals surface area contributed by atoms with Gasteiger partial charge in [-0.15, -0.1) is 16.4 Å². The van der Waals surface area contributed by atoms with E-state index in [0.29, 0.717) is 41.7 Å². The Labute approximate surface area is 201 Å². The van der Waals surface area contributed by atoms with Crippen molar-refractivity contribution < 1.29 is 9.59 Å². The highest BCUT2D eigenvalue weighted by Crippen LogP contribution is 2.28. The van der Waals surface area contributed by atoms with Gasteiger partial charge in [-0.25, -0.2) is 4.68 Å². The number of aromatic nitrogens is 4. The molecule has 2 amide bonds. The van der Waals surface area contributed by atoms with Crippen LogP contribution < -0.4 is 0 Å². The number of nitrogens with zero attached hydrogens (tertiary/aromatic N) is 6. The second kappa shape index (κ2) is 9.61. The van der Waals surface area contributed by atoms with Crippen LogP contribution in [0.3, 0.4) is 0 Å². The molecule has 5 rings (SSSR count). The van der Waals surface area contributed by atoms with Gasteiger partial charge in [-0.1, -0.05) is 16.8 Å². The molecule has 0 saturated carbocycles. The van der Waals surface area contributed by atoms with Gasteiger partial charge in [-0.05, 0) is 49.9 Å². The molecule has 172 valence electrons. The number of hydrogen-bond donors (Lipinski definition) is 0. The fourth-order valence-electron chi connectivity index (χ4n) is 4.72. The number of carbonyl (C=O) groups is 2. The van der Waals surface area contributed by atoms with Gasteiger partial charge in [0.25, 0.3) is 5.91 Å². The number of hydrogen-bond acceptors (Lipinski definition) is 6. The first-order chi connectivity index (χ1) is 16.1. The maximum Gasteiger partial charge on any atom is 0.263 e. The Balaban J connectivity index is 1.18. The molecule has 2 saturated heterocycles. The van der Waals surface area contributed by atoms with Crippen LogP contribution in [0.25, 0.3) is 11.3 Å². The lowest BCUT2D eigenvalue weighted by molar-refractivity contribution is -0.138. The van der Waals surface area contributed by atoms with E-state index in [1.807, 2.05) is 32.8 Å². The van der Waals surface area contributed by atoms with E-state index in [0.717, 1.165) is 30.6 Å². The fraction of sp³-hybridized carbons (Fsp3) is 0.435. The van der Waals surface area contributed by atoms with Crippen molar-refractivity contribution in [2.24, 2.45) is 5.92 Å². The summed E-state index contributed by atoms with van der Waals surface area (Å²) in [5, 5.41) is 8.55. The molecule has 0 aromatic carbocycles. The summed E-state index contributed by atoms with van der Waals surface area (Å²) >= 11 is 7.27. The summed E-state index contributed by atoms with van der Waals surface area (Å²) in [6, 6.07) is 7.45. The largest absolute Gasteiger partial charge is 0.338 e. The van der Waals surface area contributed by atoms with E-state index in [4.69, 9.17) is 11.6 Å². The van der Waals surface area contributed by atoms with E-state index in [2.05, 4.69) is 15.3 Å². The topological polar surface area (TPSA) is 84.2 Å². The molecule has 0 bridgehead atoms. The highest BCUT2D eigenvalue weighted by molar-refractivity contribution is 7.17. The molecule has 0 aliphatic carbocycles. The number of halogens is 1. The molecule has 0 N–H and O–H groups in total. The second-order valence-corrected chi connectivity index (χ2v) is 10.3. The van der Waals surface area contributed by atoms with E-state index < -0.39 is 0 Å². The molecular formula is C23H25ClN6O2S. The van der Waals surface area contributed by atoms with Crippen LogP contribution in [0.1, 0.15) is 35.4 Å². The zero-order chi connectivity index (χ0) is 22.8. The van der Waals surface area contributed by atoms with Gasteiger partial charge in [0.1, 0.15) is 5.69 Å². The first kappa shape index (κ1) is 22.0. The van der Waals surface area contributed by atoms with Crippen LogP contribution in [0.5, 0.6) is 0 Å². The summed E-state index contributed by atoms with van der Waals surface area (Å²) in [5.74, 6) is 0.177. The zero-order valence-corrected chi connectivity index (χ0v) is 19.7. The number of amides is 2. The maximum atomic E-state index is 13.3. The van der Waals surface area contributed by atoms with Crippen molar-refractivity contribution >= 4 is 34.8 Å². The Hall–Kier alpha value is -2.78. The summed E-state index contributed by atoms with van der Waals surface area (Å²) in [6.07, 6.45) is 8.76. The summed E-state index contributed by atoms with van der Waals surface area (Å²) in [4.78, 5) is 34.6. The van der Waals surface area contributed by atoms with Gasteiger partial charge in [0, 0.05) is 43.5 Å². The van der Waals surface area contributed by atoms with Gasteiger partial charge < -0.3 is 9.80 Å². The van der Waals surface area contributed by atoms with Crippen LogP contribution in [0, 0.1) is 5.92 Å². The normalized spacial score (nSPS) is 19.2. The Morgan fingerprint density at radius 2 is 1.85 bits per heavy atom. The van der Waals surface area contributed by atoms with Gasteiger partial charge >= 0.3 is 0 Å². The summed E-state index contributed by atoms with van der Waals surface area (Å²) in [5.41, 5.74) is 1.78. The second-order valence-electron chi connectivity index (χ2n) is 8.56. The Morgan fingerprint density at radius 1 is 1.06 bits per heavy atom. The van der Waals surface area contributed by atoms with Crippen LogP contribution in [0.15, 0.2) is 42.9 Å². The molecule has 1 unspecified atom stereocenters. The third-order valence-electron chi connectivity index (χ3n) is 6.49. The minimum absolute atomic E-state index is 0.00744. The quantitative estimate of drug-likeness (QED) is 0.552. The van der Waals surface area contributed by atoms with Crippen LogP contribution in [-0.2, 0) is 11.3 Å². The monoisotopic (exact) mass is 484 g/mol. The number of pyridine rings is 1. The minimum Gasteiger partial charge on any atom is -0.338 e. The highest BCUT2D eigenvalue weighted by atomic mass is 35.5. The lowest BCUT2D eigenvalue weighted by Crippen LogP contribution is -2.46. The van der Waals surface area contributed by atoms with Crippen molar-refractivity contribution in [1.29, 1.82) is 0 Å². The summed E-state index contributed by atoms with van der Waals surface area (Å²) in [6.45, 7) is 2.62. The molecule has 5 heterocycles. The number of rotatable bonds is 5. The fourth-order valence-corrected chi connectivity index (χ4v) is 5.73. The first-order valence-corrected chi connectivity index (χ1v) is 12.4. The molecular weight excluding hydrogens is 460 g/mol.